The number of aromatic nitrogens is 2. The van der Waals surface area contributed by atoms with Crippen LogP contribution >= 0.6 is 0 Å². The summed E-state index contributed by atoms with van der Waals surface area (Å²) in [4.78, 5) is 17.3. The van der Waals surface area contributed by atoms with Gasteiger partial charge in [-0.1, -0.05) is 121 Å². The van der Waals surface area contributed by atoms with Gasteiger partial charge in [-0.2, -0.15) is 10.2 Å². The molecular weight excluding hydrogens is 590 g/mol. The minimum absolute atomic E-state index is 0.292. The van der Waals surface area contributed by atoms with Crippen LogP contribution in [0.5, 0.6) is 0 Å². The van der Waals surface area contributed by atoms with E-state index in [1.54, 1.807) is 18.6 Å². The number of imidazole rings is 1. The fourth-order valence-electron chi connectivity index (χ4n) is 4.58. The van der Waals surface area contributed by atoms with Gasteiger partial charge in [-0.3, -0.25) is 20.1 Å². The summed E-state index contributed by atoms with van der Waals surface area (Å²) >= 11 is 0. The minimum atomic E-state index is -0.566. The van der Waals surface area contributed by atoms with Gasteiger partial charge in [-0.25, -0.2) is 4.98 Å². The summed E-state index contributed by atoms with van der Waals surface area (Å²) in [5.74, 6) is 0.808. The highest BCUT2D eigenvalue weighted by atomic mass is 16.6. The number of nitrogens with one attached hydrogen (secondary N) is 1. The van der Waals surface area contributed by atoms with E-state index in [0.717, 1.165) is 30.0 Å². The molecule has 236 valence electrons. The van der Waals surface area contributed by atoms with Crippen molar-refractivity contribution in [2.75, 3.05) is 0 Å². The summed E-state index contributed by atoms with van der Waals surface area (Å²) in [6.07, 6.45) is 6.77. The molecule has 0 aliphatic heterocycles. The van der Waals surface area contributed by atoms with Gasteiger partial charge in [0.05, 0.1) is 44.7 Å². The number of nitro groups is 1. The van der Waals surface area contributed by atoms with E-state index in [1.807, 2.05) is 107 Å². The van der Waals surface area contributed by atoms with Crippen LogP contribution in [-0.4, -0.2) is 37.3 Å². The molecule has 1 N–H and O–H groups in total. The fourth-order valence-corrected chi connectivity index (χ4v) is 4.58. The Morgan fingerprint density at radius 3 is 1.43 bits per heavy atom. The quantitative estimate of drug-likeness (QED) is 0.0800. The van der Waals surface area contributed by atoms with Crippen LogP contribution in [0.2, 0.25) is 0 Å². The van der Waals surface area contributed by atoms with Crippen LogP contribution in [-0.2, 0) is 26.2 Å². The molecule has 4 aromatic carbocycles. The molecule has 6 aromatic rings. The second kappa shape index (κ2) is 17.3. The Bertz CT molecular complexity index is 1730. The number of hydrazone groups is 2. The highest BCUT2D eigenvalue weighted by Crippen LogP contribution is 2.16. The number of benzene rings is 4. The molecule has 0 spiro atoms. The van der Waals surface area contributed by atoms with Crippen molar-refractivity contribution in [3.05, 3.63) is 190 Å². The molecule has 0 atom stereocenters. The van der Waals surface area contributed by atoms with Gasteiger partial charge in [0.15, 0.2) is 5.76 Å². The van der Waals surface area contributed by atoms with Crippen LogP contribution in [0, 0.1) is 10.1 Å². The Hall–Kier alpha value is -6.29. The molecule has 0 fully saturated rings. The van der Waals surface area contributed by atoms with E-state index in [9.17, 15) is 10.1 Å². The van der Waals surface area contributed by atoms with Gasteiger partial charge in [-0.15, -0.1) is 0 Å². The molecule has 2 aromatic heterocycles. The zero-order valence-electron chi connectivity index (χ0n) is 25.7. The number of aromatic amines is 1. The zero-order valence-corrected chi connectivity index (χ0v) is 25.7. The Morgan fingerprint density at radius 1 is 0.638 bits per heavy atom. The first kappa shape index (κ1) is 32.1. The predicted octanol–water partition coefficient (Wildman–Crippen LogP) is 7.67. The van der Waals surface area contributed by atoms with Crippen LogP contribution in [0.3, 0.4) is 0 Å². The summed E-state index contributed by atoms with van der Waals surface area (Å²) < 4.78 is 5.12. The van der Waals surface area contributed by atoms with Gasteiger partial charge < -0.3 is 9.40 Å². The zero-order chi connectivity index (χ0) is 32.5. The van der Waals surface area contributed by atoms with E-state index < -0.39 is 4.92 Å². The molecule has 0 aliphatic carbocycles. The van der Waals surface area contributed by atoms with Gasteiger partial charge in [0.1, 0.15) is 10.7 Å². The smallest absolute Gasteiger partial charge is 0.400 e. The second-order valence-corrected chi connectivity index (χ2v) is 10.5. The number of H-pyrrole nitrogens is 1. The van der Waals surface area contributed by atoms with Gasteiger partial charge in [0.2, 0.25) is 0 Å². The molecule has 0 radical (unpaired) electrons. The van der Waals surface area contributed by atoms with Crippen molar-refractivity contribution in [3.8, 4) is 0 Å². The first-order chi connectivity index (χ1) is 23.1. The standard InChI is InChI=1S/C19H17N3O3.C18H18N4/c23-22(24)19-12-11-18(25-19)13-20-21(14-16-7-3-1-4-8-16)15-17-9-5-2-6-10-17;1-3-7-16(8-4-1)14-22(15-17-9-5-2-6-10-17)21-13-18-19-11-12-20-18/h1-13H,14-15H2;1-13H,14-15H2,(H,19,20). The Balaban J connectivity index is 0.000000186. The van der Waals surface area contributed by atoms with Gasteiger partial charge >= 0.3 is 5.88 Å². The normalized spacial score (nSPS) is 10.9. The summed E-state index contributed by atoms with van der Waals surface area (Å²) in [5, 5.41) is 23.6. The van der Waals surface area contributed by atoms with Crippen LogP contribution in [0.4, 0.5) is 5.88 Å². The molecule has 0 amide bonds. The van der Waals surface area contributed by atoms with E-state index in [1.165, 1.54) is 29.5 Å². The number of hydrogen-bond acceptors (Lipinski definition) is 8. The Kier molecular flexibility index (Phi) is 11.8. The van der Waals surface area contributed by atoms with E-state index in [2.05, 4.69) is 44.4 Å². The SMILES string of the molecule is C(=NN(Cc1ccccc1)Cc1ccccc1)c1ncc[nH]1.O=[N+]([O-])c1ccc(C=NN(Cc2ccccc2)Cc2ccccc2)o1. The third-order valence-electron chi connectivity index (χ3n) is 6.84. The van der Waals surface area contributed by atoms with Crippen molar-refractivity contribution >= 4 is 18.3 Å². The maximum atomic E-state index is 10.7. The Morgan fingerprint density at radius 2 is 1.06 bits per heavy atom. The van der Waals surface area contributed by atoms with E-state index in [0.29, 0.717) is 18.8 Å². The lowest BCUT2D eigenvalue weighted by Crippen LogP contribution is -2.17. The lowest BCUT2D eigenvalue weighted by atomic mass is 10.2. The fraction of sp³-hybridized carbons (Fsp3) is 0.108. The van der Waals surface area contributed by atoms with E-state index in [4.69, 9.17) is 4.42 Å². The molecule has 0 unspecified atom stereocenters. The maximum absolute atomic E-state index is 10.7. The van der Waals surface area contributed by atoms with Crippen molar-refractivity contribution < 1.29 is 9.34 Å². The number of furan rings is 1. The average molecular weight is 626 g/mol. The third kappa shape index (κ3) is 11.0. The summed E-state index contributed by atoms with van der Waals surface area (Å²) in [5.41, 5.74) is 4.71. The van der Waals surface area contributed by atoms with Crippen LogP contribution in [0.15, 0.2) is 160 Å². The lowest BCUT2D eigenvalue weighted by Gasteiger charge is -2.19. The molecular formula is C37H35N7O3. The average Bonchev–Trinajstić information content (AvgIpc) is 3.82. The topological polar surface area (TPSA) is 116 Å². The monoisotopic (exact) mass is 625 g/mol. The second-order valence-electron chi connectivity index (χ2n) is 10.5. The first-order valence-electron chi connectivity index (χ1n) is 15.1. The van der Waals surface area contributed by atoms with Crippen LogP contribution < -0.4 is 0 Å². The van der Waals surface area contributed by atoms with Gasteiger partial charge in [0.25, 0.3) is 0 Å². The largest absolute Gasteiger partial charge is 0.433 e. The highest BCUT2D eigenvalue weighted by Gasteiger charge is 2.11. The van der Waals surface area contributed by atoms with Gasteiger partial charge in [-0.05, 0) is 28.3 Å². The van der Waals surface area contributed by atoms with Crippen molar-refractivity contribution in [1.29, 1.82) is 0 Å². The lowest BCUT2D eigenvalue weighted by molar-refractivity contribution is -0.402. The Labute approximate surface area is 273 Å². The molecule has 2 heterocycles. The molecule has 47 heavy (non-hydrogen) atoms. The van der Waals surface area contributed by atoms with Crippen molar-refractivity contribution in [3.63, 3.8) is 0 Å². The summed E-state index contributed by atoms with van der Waals surface area (Å²) in [6.45, 7) is 2.75. The van der Waals surface area contributed by atoms with Crippen molar-refractivity contribution in [1.82, 2.24) is 20.0 Å². The van der Waals surface area contributed by atoms with Crippen molar-refractivity contribution in [2.45, 2.75) is 26.2 Å². The van der Waals surface area contributed by atoms with Gasteiger partial charge in [0, 0.05) is 12.4 Å². The summed E-state index contributed by atoms with van der Waals surface area (Å²) in [6, 6.07) is 43.5. The van der Waals surface area contributed by atoms with Crippen molar-refractivity contribution in [2.24, 2.45) is 10.2 Å². The molecule has 6 rings (SSSR count). The molecule has 0 aliphatic rings. The third-order valence-corrected chi connectivity index (χ3v) is 6.84. The van der Waals surface area contributed by atoms with E-state index >= 15 is 0 Å². The first-order valence-corrected chi connectivity index (χ1v) is 15.1. The maximum Gasteiger partial charge on any atom is 0.433 e. The molecule has 0 bridgehead atoms. The molecule has 10 nitrogen and oxygen atoms in total. The number of nitrogens with zero attached hydrogens (tertiary/aromatic N) is 6. The minimum Gasteiger partial charge on any atom is -0.400 e. The number of hydrogen-bond donors (Lipinski definition) is 1. The highest BCUT2D eigenvalue weighted by molar-refractivity contribution is 5.76. The molecule has 0 saturated carbocycles. The molecule has 0 saturated heterocycles. The van der Waals surface area contributed by atoms with Crippen LogP contribution in [0.25, 0.3) is 0 Å². The van der Waals surface area contributed by atoms with Crippen LogP contribution in [0.1, 0.15) is 33.8 Å². The molecule has 10 heteroatoms. The predicted molar refractivity (Wildman–Crippen MR) is 183 cm³/mol. The number of rotatable bonds is 13. The summed E-state index contributed by atoms with van der Waals surface area (Å²) in [7, 11) is 0. The van der Waals surface area contributed by atoms with E-state index in [-0.39, 0.29) is 5.88 Å².